The van der Waals surface area contributed by atoms with E-state index in [1.54, 1.807) is 24.3 Å². The second-order valence-corrected chi connectivity index (χ2v) is 5.58. The molecule has 0 saturated carbocycles. The van der Waals surface area contributed by atoms with Crippen LogP contribution >= 0.6 is 15.9 Å². The van der Waals surface area contributed by atoms with E-state index >= 15 is 0 Å². The zero-order chi connectivity index (χ0) is 16.4. The molecule has 0 saturated heterocycles. The van der Waals surface area contributed by atoms with Gasteiger partial charge in [0.2, 0.25) is 5.88 Å². The number of carbonyl (C=O) groups is 1. The average Bonchev–Trinajstić information content (AvgIpc) is 2.99. The summed E-state index contributed by atoms with van der Waals surface area (Å²) in [6.45, 7) is 0. The number of halogens is 3. The highest BCUT2D eigenvalue weighted by atomic mass is 79.9. The molecule has 1 heterocycles. The molecule has 1 amide bonds. The molecule has 7 heteroatoms. The van der Waals surface area contributed by atoms with Gasteiger partial charge < -0.3 is 4.52 Å². The van der Waals surface area contributed by atoms with Gasteiger partial charge in [0.1, 0.15) is 5.69 Å². The SMILES string of the molecule is O=C(Nc1cc(-c2ccc(F)c(F)c2)no1)c1ccc(Br)cc1. The monoisotopic (exact) mass is 378 g/mol. The van der Waals surface area contributed by atoms with Gasteiger partial charge in [-0.3, -0.25) is 10.1 Å². The summed E-state index contributed by atoms with van der Waals surface area (Å²) in [5.74, 6) is -2.19. The van der Waals surface area contributed by atoms with Crippen molar-refractivity contribution in [1.82, 2.24) is 5.16 Å². The van der Waals surface area contributed by atoms with Crippen LogP contribution in [0.25, 0.3) is 11.3 Å². The van der Waals surface area contributed by atoms with Crippen molar-refractivity contribution >= 4 is 27.7 Å². The van der Waals surface area contributed by atoms with Crippen LogP contribution in [0.5, 0.6) is 0 Å². The summed E-state index contributed by atoms with van der Waals surface area (Å²) in [6, 6.07) is 11.6. The number of hydrogen-bond acceptors (Lipinski definition) is 3. The van der Waals surface area contributed by atoms with Crippen molar-refractivity contribution in [3.63, 3.8) is 0 Å². The fraction of sp³-hybridized carbons (Fsp3) is 0. The first-order valence-corrected chi connectivity index (χ1v) is 7.31. The number of nitrogens with zero attached hydrogens (tertiary/aromatic N) is 1. The summed E-state index contributed by atoms with van der Waals surface area (Å²) >= 11 is 3.28. The van der Waals surface area contributed by atoms with Gasteiger partial charge in [-0.2, -0.15) is 0 Å². The van der Waals surface area contributed by atoms with Gasteiger partial charge in [-0.15, -0.1) is 0 Å². The highest BCUT2D eigenvalue weighted by Crippen LogP contribution is 2.23. The Hall–Kier alpha value is -2.54. The normalized spacial score (nSPS) is 10.6. The first-order chi connectivity index (χ1) is 11.0. The molecule has 0 aliphatic heterocycles. The second kappa shape index (κ2) is 6.29. The fourth-order valence-electron chi connectivity index (χ4n) is 1.91. The topological polar surface area (TPSA) is 55.1 Å². The van der Waals surface area contributed by atoms with Gasteiger partial charge in [-0.05, 0) is 42.5 Å². The van der Waals surface area contributed by atoms with Crippen LogP contribution < -0.4 is 5.32 Å². The molecular formula is C16H9BrF2N2O2. The lowest BCUT2D eigenvalue weighted by atomic mass is 10.1. The van der Waals surface area contributed by atoms with Crippen LogP contribution in [0.3, 0.4) is 0 Å². The number of benzene rings is 2. The van der Waals surface area contributed by atoms with Crippen molar-refractivity contribution in [2.45, 2.75) is 0 Å². The van der Waals surface area contributed by atoms with Crippen molar-refractivity contribution in [2.75, 3.05) is 5.32 Å². The Kier molecular flexibility index (Phi) is 4.20. The third-order valence-corrected chi connectivity index (χ3v) is 3.60. The lowest BCUT2D eigenvalue weighted by Gasteiger charge is -2.00. The summed E-state index contributed by atoms with van der Waals surface area (Å²) in [5.41, 5.74) is 1.07. The first kappa shape index (κ1) is 15.4. The molecule has 0 bridgehead atoms. The molecule has 0 radical (unpaired) electrons. The van der Waals surface area contributed by atoms with E-state index in [0.717, 1.165) is 16.6 Å². The maximum absolute atomic E-state index is 13.2. The van der Waals surface area contributed by atoms with Crippen molar-refractivity contribution in [2.24, 2.45) is 0 Å². The van der Waals surface area contributed by atoms with Crippen molar-refractivity contribution in [3.8, 4) is 11.3 Å². The molecule has 1 N–H and O–H groups in total. The second-order valence-electron chi connectivity index (χ2n) is 4.67. The number of carbonyl (C=O) groups excluding carboxylic acids is 1. The van der Waals surface area contributed by atoms with Gasteiger partial charge in [0.15, 0.2) is 11.6 Å². The minimum atomic E-state index is -0.981. The van der Waals surface area contributed by atoms with E-state index in [9.17, 15) is 13.6 Å². The van der Waals surface area contributed by atoms with E-state index in [0.29, 0.717) is 11.1 Å². The highest BCUT2D eigenvalue weighted by molar-refractivity contribution is 9.10. The van der Waals surface area contributed by atoms with Crippen LogP contribution in [-0.2, 0) is 0 Å². The van der Waals surface area contributed by atoms with Gasteiger partial charge in [0, 0.05) is 21.7 Å². The molecule has 4 nitrogen and oxygen atoms in total. The van der Waals surface area contributed by atoms with Gasteiger partial charge in [-0.1, -0.05) is 21.1 Å². The van der Waals surface area contributed by atoms with Gasteiger partial charge in [-0.25, -0.2) is 8.78 Å². The van der Waals surface area contributed by atoms with Crippen LogP contribution in [0, 0.1) is 11.6 Å². The third-order valence-electron chi connectivity index (χ3n) is 3.07. The molecular weight excluding hydrogens is 370 g/mol. The molecule has 0 aliphatic carbocycles. The Morgan fingerprint density at radius 1 is 1.04 bits per heavy atom. The Morgan fingerprint density at radius 3 is 2.48 bits per heavy atom. The average molecular weight is 379 g/mol. The standard InChI is InChI=1S/C16H9BrF2N2O2/c17-11-4-1-9(2-5-11)16(22)20-15-8-14(21-23-15)10-3-6-12(18)13(19)7-10/h1-8H,(H,20,22). The maximum atomic E-state index is 13.2. The van der Waals surface area contributed by atoms with Gasteiger partial charge in [0.25, 0.3) is 5.91 Å². The molecule has 3 aromatic rings. The van der Waals surface area contributed by atoms with Crippen LogP contribution in [0.2, 0.25) is 0 Å². The van der Waals surface area contributed by atoms with E-state index in [4.69, 9.17) is 4.52 Å². The molecule has 23 heavy (non-hydrogen) atoms. The molecule has 2 aromatic carbocycles. The van der Waals surface area contributed by atoms with Crippen LogP contribution in [-0.4, -0.2) is 11.1 Å². The molecule has 1 aromatic heterocycles. The third kappa shape index (κ3) is 3.45. The van der Waals surface area contributed by atoms with E-state index in [1.807, 2.05) is 0 Å². The summed E-state index contributed by atoms with van der Waals surface area (Å²) in [7, 11) is 0. The summed E-state index contributed by atoms with van der Waals surface area (Å²) in [4.78, 5) is 12.0. The van der Waals surface area contributed by atoms with E-state index in [2.05, 4.69) is 26.4 Å². The van der Waals surface area contributed by atoms with E-state index in [-0.39, 0.29) is 17.5 Å². The molecule has 116 valence electrons. The summed E-state index contributed by atoms with van der Waals surface area (Å²) in [5, 5.41) is 6.27. The molecule has 0 spiro atoms. The molecule has 0 atom stereocenters. The quantitative estimate of drug-likeness (QED) is 0.722. The molecule has 3 rings (SSSR count). The van der Waals surface area contributed by atoms with Gasteiger partial charge in [0.05, 0.1) is 0 Å². The van der Waals surface area contributed by atoms with Crippen molar-refractivity contribution in [1.29, 1.82) is 0 Å². The molecule has 0 fully saturated rings. The number of rotatable bonds is 3. The largest absolute Gasteiger partial charge is 0.338 e. The Morgan fingerprint density at radius 2 is 1.78 bits per heavy atom. The smallest absolute Gasteiger partial charge is 0.258 e. The summed E-state index contributed by atoms with van der Waals surface area (Å²) in [6.07, 6.45) is 0. The number of amides is 1. The predicted octanol–water partition coefficient (Wildman–Crippen LogP) is 4.63. The van der Waals surface area contributed by atoms with E-state index in [1.165, 1.54) is 12.1 Å². The zero-order valence-electron chi connectivity index (χ0n) is 11.5. The minimum absolute atomic E-state index is 0.109. The number of anilines is 1. The summed E-state index contributed by atoms with van der Waals surface area (Å²) < 4.78 is 32.0. The maximum Gasteiger partial charge on any atom is 0.258 e. The number of aromatic nitrogens is 1. The molecule has 0 unspecified atom stereocenters. The number of nitrogens with one attached hydrogen (secondary N) is 1. The molecule has 0 aliphatic rings. The predicted molar refractivity (Wildman–Crippen MR) is 84.0 cm³/mol. The highest BCUT2D eigenvalue weighted by Gasteiger charge is 2.12. The Labute approximate surface area is 138 Å². The van der Waals surface area contributed by atoms with Crippen LogP contribution in [0.1, 0.15) is 10.4 Å². The minimum Gasteiger partial charge on any atom is -0.338 e. The zero-order valence-corrected chi connectivity index (χ0v) is 13.1. The van der Waals surface area contributed by atoms with Gasteiger partial charge >= 0.3 is 0 Å². The lowest BCUT2D eigenvalue weighted by Crippen LogP contribution is -2.10. The Balaban J connectivity index is 1.77. The first-order valence-electron chi connectivity index (χ1n) is 6.52. The van der Waals surface area contributed by atoms with Crippen molar-refractivity contribution < 1.29 is 18.1 Å². The Bertz CT molecular complexity index is 863. The van der Waals surface area contributed by atoms with Crippen LogP contribution in [0.15, 0.2) is 57.5 Å². The van der Waals surface area contributed by atoms with Crippen molar-refractivity contribution in [3.05, 3.63) is 70.2 Å². The van der Waals surface area contributed by atoms with E-state index < -0.39 is 11.6 Å². The lowest BCUT2D eigenvalue weighted by molar-refractivity contribution is 0.102. The number of hydrogen-bond donors (Lipinski definition) is 1. The van der Waals surface area contributed by atoms with Crippen LogP contribution in [0.4, 0.5) is 14.7 Å². The fourth-order valence-corrected chi connectivity index (χ4v) is 2.18.